The molecule has 5 aromatic rings. The molecule has 5 rings (SSSR count). The molecule has 0 aliphatic rings. The van der Waals surface area contributed by atoms with Crippen LogP contribution < -0.4 is 14.8 Å². The fourth-order valence-electron chi connectivity index (χ4n) is 4.34. The monoisotopic (exact) mass is 592 g/mol. The second-order valence-electron chi connectivity index (χ2n) is 9.33. The maximum absolute atomic E-state index is 12.8. The molecule has 0 atom stereocenters. The van der Waals surface area contributed by atoms with Gasteiger partial charge in [0.05, 0.1) is 31.2 Å². The van der Waals surface area contributed by atoms with Crippen molar-refractivity contribution in [1.82, 2.24) is 9.97 Å². The minimum atomic E-state index is -0.160. The number of pyridine rings is 1. The predicted molar refractivity (Wildman–Crippen MR) is 169 cm³/mol. The highest BCUT2D eigenvalue weighted by Crippen LogP contribution is 2.35. The first kappa shape index (κ1) is 28.9. The number of nitrogens with zero attached hydrogens (tertiary/aromatic N) is 3. The lowest BCUT2D eigenvalue weighted by Crippen LogP contribution is -2.12. The van der Waals surface area contributed by atoms with Crippen LogP contribution in [0.4, 0.5) is 5.13 Å². The van der Waals surface area contributed by atoms with E-state index in [1.165, 1.54) is 23.1 Å². The maximum Gasteiger partial charge on any atom is 0.226 e. The van der Waals surface area contributed by atoms with Crippen molar-refractivity contribution in [2.45, 2.75) is 18.4 Å². The van der Waals surface area contributed by atoms with Gasteiger partial charge in [-0.3, -0.25) is 4.79 Å². The molecule has 9 heteroatoms. The number of nitrogens with one attached hydrogen (secondary N) is 1. The molecule has 0 aliphatic heterocycles. The van der Waals surface area contributed by atoms with Crippen LogP contribution in [0, 0.1) is 18.3 Å². The highest BCUT2D eigenvalue weighted by Gasteiger charge is 2.17. The molecule has 3 aromatic carbocycles. The van der Waals surface area contributed by atoms with Crippen LogP contribution >= 0.6 is 23.1 Å². The third-order valence-corrected chi connectivity index (χ3v) is 8.28. The Morgan fingerprint density at radius 2 is 1.67 bits per heavy atom. The van der Waals surface area contributed by atoms with Gasteiger partial charge >= 0.3 is 0 Å². The number of hydrogen-bond acceptors (Lipinski definition) is 8. The lowest BCUT2D eigenvalue weighted by atomic mass is 9.98. The molecule has 1 amide bonds. The van der Waals surface area contributed by atoms with Crippen molar-refractivity contribution in [2.75, 3.05) is 25.3 Å². The Labute approximate surface area is 253 Å². The van der Waals surface area contributed by atoms with Gasteiger partial charge in [0.1, 0.15) is 22.6 Å². The molecule has 42 heavy (non-hydrogen) atoms. The molecule has 2 aromatic heterocycles. The zero-order valence-corrected chi connectivity index (χ0v) is 25.0. The van der Waals surface area contributed by atoms with Gasteiger partial charge < -0.3 is 14.8 Å². The average Bonchev–Trinajstić information content (AvgIpc) is 3.49. The fourth-order valence-corrected chi connectivity index (χ4v) is 6.01. The lowest BCUT2D eigenvalue weighted by molar-refractivity contribution is -0.115. The Balaban J connectivity index is 1.34. The van der Waals surface area contributed by atoms with E-state index in [1.807, 2.05) is 91.2 Å². The summed E-state index contributed by atoms with van der Waals surface area (Å²) in [5.41, 5.74) is 6.61. The van der Waals surface area contributed by atoms with Crippen LogP contribution in [0.2, 0.25) is 0 Å². The molecule has 0 spiro atoms. The molecule has 7 nitrogen and oxygen atoms in total. The number of carbonyl (C=O) groups excluding carboxylic acids is 1. The Hall–Kier alpha value is -4.65. The molecule has 2 heterocycles. The number of benzene rings is 3. The molecule has 0 saturated carbocycles. The van der Waals surface area contributed by atoms with Gasteiger partial charge in [0, 0.05) is 34.2 Å². The first-order chi connectivity index (χ1) is 20.5. The molecule has 0 radical (unpaired) electrons. The number of hydrogen-bond donors (Lipinski definition) is 1. The second-order valence-corrected chi connectivity index (χ2v) is 11.3. The number of nitriles is 1. The van der Waals surface area contributed by atoms with Crippen LogP contribution in [-0.4, -0.2) is 35.8 Å². The molecule has 0 unspecified atom stereocenters. The number of amides is 1. The van der Waals surface area contributed by atoms with Gasteiger partial charge in [-0.05, 0) is 55.0 Å². The van der Waals surface area contributed by atoms with Crippen molar-refractivity contribution in [2.24, 2.45) is 0 Å². The Morgan fingerprint density at radius 1 is 0.929 bits per heavy atom. The summed E-state index contributed by atoms with van der Waals surface area (Å²) < 4.78 is 10.7. The largest absolute Gasteiger partial charge is 0.497 e. The van der Waals surface area contributed by atoms with E-state index in [-0.39, 0.29) is 12.3 Å². The van der Waals surface area contributed by atoms with Crippen molar-refractivity contribution < 1.29 is 14.3 Å². The Kier molecular flexibility index (Phi) is 9.17. The van der Waals surface area contributed by atoms with Gasteiger partial charge in [-0.25, -0.2) is 9.97 Å². The Bertz CT molecular complexity index is 1740. The number of aromatic nitrogens is 2. The quantitative estimate of drug-likeness (QED) is 0.165. The second kappa shape index (κ2) is 13.3. The minimum absolute atomic E-state index is 0.160. The zero-order chi connectivity index (χ0) is 29.5. The molecule has 0 saturated heterocycles. The van der Waals surface area contributed by atoms with Gasteiger partial charge in [-0.15, -0.1) is 23.1 Å². The summed E-state index contributed by atoms with van der Waals surface area (Å²) in [6.07, 6.45) is 0.230. The van der Waals surface area contributed by atoms with Crippen LogP contribution in [0.15, 0.2) is 89.3 Å². The first-order valence-electron chi connectivity index (χ1n) is 13.2. The summed E-state index contributed by atoms with van der Waals surface area (Å²) in [7, 11) is 3.25. The van der Waals surface area contributed by atoms with Crippen molar-refractivity contribution in [3.8, 4) is 51.2 Å². The predicted octanol–water partition coefficient (Wildman–Crippen LogP) is 7.86. The van der Waals surface area contributed by atoms with Crippen LogP contribution in [0.25, 0.3) is 33.6 Å². The molecule has 0 fully saturated rings. The molecular weight excluding hydrogens is 565 g/mol. The normalized spacial score (nSPS) is 10.6. The molecule has 0 aliphatic carbocycles. The highest BCUT2D eigenvalue weighted by molar-refractivity contribution is 7.99. The Morgan fingerprint density at radius 3 is 2.38 bits per heavy atom. The number of ether oxygens (including phenoxy) is 2. The van der Waals surface area contributed by atoms with Gasteiger partial charge in [0.25, 0.3) is 0 Å². The maximum atomic E-state index is 12.8. The molecular formula is C33H28N4O3S2. The summed E-state index contributed by atoms with van der Waals surface area (Å²) in [4.78, 5) is 22.2. The number of methoxy groups -OCH3 is 2. The van der Waals surface area contributed by atoms with Gasteiger partial charge in [-0.1, -0.05) is 42.0 Å². The standard InChI is InChI=1S/C33H28N4O3S2/c1-21-8-10-22(11-9-21)26-18-28(23-12-14-24(39-2)15-13-23)35-32(27(26)19-34)41-17-16-31(38)37-33-36-29(20-42-33)25-6-4-5-7-30(25)40-3/h4-15,18,20H,16-17H2,1-3H3,(H,36,37,38). The number of thiazole rings is 1. The van der Waals surface area contributed by atoms with E-state index in [0.717, 1.165) is 50.7 Å². The summed E-state index contributed by atoms with van der Waals surface area (Å²) in [5, 5.41) is 16.1. The van der Waals surface area contributed by atoms with Crippen molar-refractivity contribution in [3.63, 3.8) is 0 Å². The molecule has 0 bridgehead atoms. The van der Waals surface area contributed by atoms with E-state index in [2.05, 4.69) is 16.4 Å². The molecule has 210 valence electrons. The van der Waals surface area contributed by atoms with Crippen molar-refractivity contribution >= 4 is 34.1 Å². The average molecular weight is 593 g/mol. The van der Waals surface area contributed by atoms with Gasteiger partial charge in [-0.2, -0.15) is 5.26 Å². The summed E-state index contributed by atoms with van der Waals surface area (Å²) in [5.74, 6) is 1.76. The van der Waals surface area contributed by atoms with Crippen molar-refractivity contribution in [1.29, 1.82) is 5.26 Å². The van der Waals surface area contributed by atoms with E-state index in [0.29, 0.717) is 21.5 Å². The number of rotatable bonds is 10. The number of para-hydroxylation sites is 1. The molecule has 1 N–H and O–H groups in total. The van der Waals surface area contributed by atoms with Crippen LogP contribution in [-0.2, 0) is 4.79 Å². The fraction of sp³-hybridized carbons (Fsp3) is 0.152. The van der Waals surface area contributed by atoms with E-state index in [1.54, 1.807) is 14.2 Å². The highest BCUT2D eigenvalue weighted by atomic mass is 32.2. The number of carbonyl (C=O) groups is 1. The minimum Gasteiger partial charge on any atom is -0.497 e. The topological polar surface area (TPSA) is 97.1 Å². The van der Waals surface area contributed by atoms with E-state index in [4.69, 9.17) is 14.5 Å². The summed E-state index contributed by atoms with van der Waals surface area (Å²) in [6.45, 7) is 2.03. The summed E-state index contributed by atoms with van der Waals surface area (Å²) >= 11 is 2.75. The van der Waals surface area contributed by atoms with Crippen LogP contribution in [0.3, 0.4) is 0 Å². The SMILES string of the molecule is COc1ccc(-c2cc(-c3ccc(C)cc3)c(C#N)c(SCCC(=O)Nc3nc(-c4ccccc4OC)cs3)n2)cc1. The van der Waals surface area contributed by atoms with Crippen LogP contribution in [0.5, 0.6) is 11.5 Å². The number of anilines is 1. The van der Waals surface area contributed by atoms with Gasteiger partial charge in [0.2, 0.25) is 5.91 Å². The van der Waals surface area contributed by atoms with E-state index in [9.17, 15) is 10.1 Å². The van der Waals surface area contributed by atoms with E-state index < -0.39 is 0 Å². The smallest absolute Gasteiger partial charge is 0.226 e. The van der Waals surface area contributed by atoms with Gasteiger partial charge in [0.15, 0.2) is 5.13 Å². The zero-order valence-electron chi connectivity index (χ0n) is 23.4. The van der Waals surface area contributed by atoms with Crippen LogP contribution in [0.1, 0.15) is 17.5 Å². The first-order valence-corrected chi connectivity index (χ1v) is 15.0. The van der Waals surface area contributed by atoms with E-state index >= 15 is 0 Å². The third-order valence-electron chi connectivity index (χ3n) is 6.55. The number of aryl methyl sites for hydroxylation is 1. The summed E-state index contributed by atoms with van der Waals surface area (Å²) in [6, 6.07) is 27.7. The lowest BCUT2D eigenvalue weighted by Gasteiger charge is -2.13. The van der Waals surface area contributed by atoms with Crippen molar-refractivity contribution in [3.05, 3.63) is 95.4 Å². The third kappa shape index (κ3) is 6.62. The number of thioether (sulfide) groups is 1.